The van der Waals surface area contributed by atoms with Gasteiger partial charge in [-0.2, -0.15) is 0 Å². The summed E-state index contributed by atoms with van der Waals surface area (Å²) >= 11 is 0. The summed E-state index contributed by atoms with van der Waals surface area (Å²) in [6.07, 6.45) is 4.18. The number of rotatable bonds is 0. The predicted octanol–water partition coefficient (Wildman–Crippen LogP) is 3.64. The third-order valence-electron chi connectivity index (χ3n) is 1.40. The van der Waals surface area contributed by atoms with Gasteiger partial charge in [0.15, 0.2) is 0 Å². The van der Waals surface area contributed by atoms with Crippen LogP contribution in [0.5, 0.6) is 0 Å². The normalized spacial score (nSPS) is 10.9. The largest absolute Gasteiger partial charge is 0.356 e. The number of amides is 1. The molecule has 0 unspecified atom stereocenters. The van der Waals surface area contributed by atoms with Crippen LogP contribution >= 0.6 is 67.9 Å². The lowest BCUT2D eigenvalue weighted by atomic mass is 10.2. The molecule has 0 bridgehead atoms. The molecule has 1 saturated heterocycles. The van der Waals surface area contributed by atoms with Gasteiger partial charge >= 0.3 is 0 Å². The number of halogens is 4. The van der Waals surface area contributed by atoms with Crippen molar-refractivity contribution < 1.29 is 4.79 Å². The van der Waals surface area contributed by atoms with E-state index < -0.39 is 0 Å². The van der Waals surface area contributed by atoms with Crippen molar-refractivity contribution in [2.75, 3.05) is 6.54 Å². The first-order valence-corrected chi connectivity index (χ1v) is 3.16. The molecule has 10 heteroatoms. The molecule has 0 aromatic heterocycles. The van der Waals surface area contributed by atoms with Gasteiger partial charge in [0.05, 0.1) is 0 Å². The van der Waals surface area contributed by atoms with Crippen LogP contribution in [0.1, 0.15) is 25.7 Å². The van der Waals surface area contributed by atoms with E-state index in [2.05, 4.69) is 5.32 Å². The zero-order chi connectivity index (χ0) is 5.82. The third-order valence-corrected chi connectivity index (χ3v) is 1.40. The zero-order valence-electron chi connectivity index (χ0n) is 9.41. The Morgan fingerprint density at radius 3 is 1.62 bits per heavy atom. The summed E-state index contributed by atoms with van der Waals surface area (Å²) in [5, 5.41) is 2.81. The van der Waals surface area contributed by atoms with Crippen LogP contribution in [-0.2, 0) is 4.79 Å². The number of carbonyl (C=O) groups excluding carboxylic acids is 1. The maximum atomic E-state index is 10.6. The van der Waals surface area contributed by atoms with Crippen molar-refractivity contribution in [2.45, 2.75) is 25.7 Å². The minimum Gasteiger partial charge on any atom is -0.356 e. The smallest absolute Gasteiger partial charge is 0.219 e. The average molecular weight is 505 g/mol. The van der Waals surface area contributed by atoms with Gasteiger partial charge in [-0.3, -0.25) is 4.79 Å². The Morgan fingerprint density at radius 2 is 1.19 bits per heavy atom. The van der Waals surface area contributed by atoms with Crippen molar-refractivity contribution in [3.05, 3.63) is 0 Å². The van der Waals surface area contributed by atoms with Crippen LogP contribution in [0.2, 0.25) is 0 Å². The van der Waals surface area contributed by atoms with Gasteiger partial charge in [0.25, 0.3) is 0 Å². The van der Waals surface area contributed by atoms with E-state index in [1.54, 1.807) is 0 Å². The van der Waals surface area contributed by atoms with Crippen LogP contribution in [0.15, 0.2) is 0 Å². The molecular weight excluding hydrogens is 478 g/mol. The quantitative estimate of drug-likeness (QED) is 0.338. The summed E-state index contributed by atoms with van der Waals surface area (Å²) in [7, 11) is 0. The SMILES string of the molecule is Br.Br.Br.Br.N.N.N.N.O=C1CCCCCN1. The molecule has 1 fully saturated rings. The highest BCUT2D eigenvalue weighted by atomic mass is 79.9. The Hall–Kier alpha value is 1.23. The van der Waals surface area contributed by atoms with Crippen LogP contribution < -0.4 is 29.9 Å². The Bertz CT molecular complexity index is 101. The minimum absolute atomic E-state index is 0. The molecule has 0 saturated carbocycles. The summed E-state index contributed by atoms with van der Waals surface area (Å²) in [5.74, 6) is 0.225. The molecule has 110 valence electrons. The van der Waals surface area contributed by atoms with Gasteiger partial charge in [-0.05, 0) is 12.8 Å². The van der Waals surface area contributed by atoms with Crippen molar-refractivity contribution in [1.29, 1.82) is 0 Å². The molecule has 6 nitrogen and oxygen atoms in total. The van der Waals surface area contributed by atoms with Gasteiger partial charge in [-0.25, -0.2) is 0 Å². The molecule has 0 aromatic carbocycles. The molecule has 1 aliphatic rings. The molecule has 1 rings (SSSR count). The lowest BCUT2D eigenvalue weighted by molar-refractivity contribution is -0.120. The Labute approximate surface area is 140 Å². The monoisotopic (exact) mass is 501 g/mol. The highest BCUT2D eigenvalue weighted by Crippen LogP contribution is 2.02. The van der Waals surface area contributed by atoms with Crippen molar-refractivity contribution in [3.63, 3.8) is 0 Å². The molecule has 1 amide bonds. The van der Waals surface area contributed by atoms with Gasteiger partial charge in [-0.15, -0.1) is 67.9 Å². The van der Waals surface area contributed by atoms with E-state index in [-0.39, 0.29) is 98.4 Å². The first kappa shape index (κ1) is 53.3. The molecule has 0 aromatic rings. The molecule has 16 heavy (non-hydrogen) atoms. The molecule has 1 heterocycles. The van der Waals surface area contributed by atoms with Crippen molar-refractivity contribution in [3.8, 4) is 0 Å². The second-order valence-corrected chi connectivity index (χ2v) is 2.16. The fourth-order valence-corrected chi connectivity index (χ4v) is 0.904. The van der Waals surface area contributed by atoms with E-state index in [0.717, 1.165) is 25.8 Å². The van der Waals surface area contributed by atoms with Gasteiger partial charge in [0.2, 0.25) is 5.91 Å². The topological polar surface area (TPSA) is 169 Å². The van der Waals surface area contributed by atoms with E-state index in [9.17, 15) is 4.79 Å². The summed E-state index contributed by atoms with van der Waals surface area (Å²) < 4.78 is 0. The first-order chi connectivity index (χ1) is 3.89. The summed E-state index contributed by atoms with van der Waals surface area (Å²) in [6, 6.07) is 0. The highest BCUT2D eigenvalue weighted by Gasteiger charge is 2.03. The molecule has 0 aliphatic carbocycles. The second-order valence-electron chi connectivity index (χ2n) is 2.16. The first-order valence-electron chi connectivity index (χ1n) is 3.16. The lowest BCUT2D eigenvalue weighted by Crippen LogP contribution is -2.21. The molecule has 0 spiro atoms. The molecular formula is C6H27Br4N5O. The average Bonchev–Trinajstić information content (AvgIpc) is 1.94. The van der Waals surface area contributed by atoms with Crippen molar-refractivity contribution >= 4 is 73.8 Å². The summed E-state index contributed by atoms with van der Waals surface area (Å²) in [5.41, 5.74) is 0. The molecule has 1 aliphatic heterocycles. The molecule has 0 atom stereocenters. The number of hydrogen-bond acceptors (Lipinski definition) is 5. The van der Waals surface area contributed by atoms with E-state index in [1.807, 2.05) is 0 Å². The van der Waals surface area contributed by atoms with Gasteiger partial charge < -0.3 is 29.9 Å². The molecule has 0 radical (unpaired) electrons. The van der Waals surface area contributed by atoms with E-state index in [1.165, 1.54) is 6.42 Å². The number of carbonyl (C=O) groups is 1. The van der Waals surface area contributed by atoms with Crippen LogP contribution in [-0.4, -0.2) is 12.5 Å². The lowest BCUT2D eigenvalue weighted by Gasteiger charge is -1.93. The summed E-state index contributed by atoms with van der Waals surface area (Å²) in [4.78, 5) is 10.6. The fraction of sp³-hybridized carbons (Fsp3) is 0.833. The van der Waals surface area contributed by atoms with Crippen LogP contribution in [0.3, 0.4) is 0 Å². The maximum Gasteiger partial charge on any atom is 0.219 e. The Kier molecular flexibility index (Phi) is 120. The summed E-state index contributed by atoms with van der Waals surface area (Å²) in [6.45, 7) is 0.888. The zero-order valence-corrected chi connectivity index (χ0v) is 16.3. The van der Waals surface area contributed by atoms with E-state index in [0.29, 0.717) is 0 Å². The van der Waals surface area contributed by atoms with Crippen molar-refractivity contribution in [2.24, 2.45) is 0 Å². The minimum atomic E-state index is 0. The van der Waals surface area contributed by atoms with Gasteiger partial charge in [0.1, 0.15) is 0 Å². The standard InChI is InChI=1S/C6H11NO.4BrH.4H3N/c8-6-4-2-1-3-5-7-6;;;;;;;;/h1-5H2,(H,7,8);4*1H;4*1H3. The Balaban J connectivity index is -0.0000000133. The van der Waals surface area contributed by atoms with E-state index in [4.69, 9.17) is 0 Å². The highest BCUT2D eigenvalue weighted by molar-refractivity contribution is 8.93. The fourth-order valence-electron chi connectivity index (χ4n) is 0.904. The number of hydrogen-bond donors (Lipinski definition) is 5. The van der Waals surface area contributed by atoms with Crippen molar-refractivity contribution in [1.82, 2.24) is 29.9 Å². The van der Waals surface area contributed by atoms with Gasteiger partial charge in [0, 0.05) is 13.0 Å². The van der Waals surface area contributed by atoms with E-state index >= 15 is 0 Å². The predicted molar refractivity (Wildman–Crippen MR) is 92.9 cm³/mol. The van der Waals surface area contributed by atoms with Crippen LogP contribution in [0, 0.1) is 0 Å². The molecule has 13 N–H and O–H groups in total. The number of nitrogens with one attached hydrogen (secondary N) is 1. The van der Waals surface area contributed by atoms with Crippen LogP contribution in [0.4, 0.5) is 0 Å². The third kappa shape index (κ3) is 29.5. The second kappa shape index (κ2) is 36.0. The Morgan fingerprint density at radius 1 is 0.750 bits per heavy atom. The maximum absolute atomic E-state index is 10.6. The van der Waals surface area contributed by atoms with Crippen LogP contribution in [0.25, 0.3) is 0 Å². The van der Waals surface area contributed by atoms with Gasteiger partial charge in [-0.1, -0.05) is 6.42 Å².